The number of rotatable bonds is 19. The van der Waals surface area contributed by atoms with Crippen LogP contribution >= 0.6 is 0 Å². The summed E-state index contributed by atoms with van der Waals surface area (Å²) in [6.45, 7) is 6.77. The van der Waals surface area contributed by atoms with Gasteiger partial charge < -0.3 is 0 Å². The standard InChI is InChI=1S/C29H49N2/c1-3-5-7-8-9-10-11-12-13-14-15-20-24-30-25-26-31(29(30)23-17-6-4-2)27-28-21-18-16-19-22-28/h16,18-19,21-22,25-26H,3-15,17,20,23-24,27H2,1-2H3/q+1. The Morgan fingerprint density at radius 2 is 1.19 bits per heavy atom. The topological polar surface area (TPSA) is 8.81 Å². The van der Waals surface area contributed by atoms with E-state index in [0.29, 0.717) is 0 Å². The third-order valence-electron chi connectivity index (χ3n) is 6.54. The molecule has 0 aliphatic carbocycles. The summed E-state index contributed by atoms with van der Waals surface area (Å²) in [7, 11) is 0. The van der Waals surface area contributed by atoms with Gasteiger partial charge in [-0.25, -0.2) is 9.13 Å². The van der Waals surface area contributed by atoms with Crippen molar-refractivity contribution in [1.82, 2.24) is 4.57 Å². The van der Waals surface area contributed by atoms with Crippen LogP contribution in [-0.2, 0) is 19.5 Å². The second-order valence-electron chi connectivity index (χ2n) is 9.37. The lowest BCUT2D eigenvalue weighted by Gasteiger charge is -2.06. The van der Waals surface area contributed by atoms with E-state index in [1.165, 1.54) is 121 Å². The SMILES string of the molecule is CCCCCCCCCCCCCC[n+]1ccn(Cc2ccccc2)c1CCCCC. The van der Waals surface area contributed by atoms with Crippen molar-refractivity contribution in [2.24, 2.45) is 0 Å². The highest BCUT2D eigenvalue weighted by Crippen LogP contribution is 2.13. The first-order chi connectivity index (χ1) is 15.3. The fourth-order valence-electron chi connectivity index (χ4n) is 4.57. The van der Waals surface area contributed by atoms with Gasteiger partial charge in [0.2, 0.25) is 0 Å². The second kappa shape index (κ2) is 17.0. The first-order valence-corrected chi connectivity index (χ1v) is 13.5. The molecule has 0 amide bonds. The zero-order valence-electron chi connectivity index (χ0n) is 20.7. The van der Waals surface area contributed by atoms with E-state index in [2.05, 4.69) is 65.7 Å². The van der Waals surface area contributed by atoms with Gasteiger partial charge in [0.1, 0.15) is 18.9 Å². The molecule has 0 bridgehead atoms. The first kappa shape index (κ1) is 25.7. The number of nitrogens with zero attached hydrogens (tertiary/aromatic N) is 2. The van der Waals surface area contributed by atoms with Crippen LogP contribution in [0.1, 0.15) is 122 Å². The van der Waals surface area contributed by atoms with Crippen molar-refractivity contribution < 1.29 is 4.57 Å². The molecule has 2 rings (SSSR count). The first-order valence-electron chi connectivity index (χ1n) is 13.5. The van der Waals surface area contributed by atoms with Gasteiger partial charge in [0.05, 0.1) is 6.54 Å². The molecule has 0 spiro atoms. The van der Waals surface area contributed by atoms with E-state index in [1.54, 1.807) is 0 Å². The van der Waals surface area contributed by atoms with E-state index in [9.17, 15) is 0 Å². The van der Waals surface area contributed by atoms with Crippen molar-refractivity contribution in [3.63, 3.8) is 0 Å². The van der Waals surface area contributed by atoms with E-state index < -0.39 is 0 Å². The van der Waals surface area contributed by atoms with Gasteiger partial charge in [-0.1, -0.05) is 121 Å². The van der Waals surface area contributed by atoms with Gasteiger partial charge in [0, 0.05) is 6.42 Å². The van der Waals surface area contributed by atoms with E-state index in [4.69, 9.17) is 0 Å². The molecule has 1 aromatic heterocycles. The summed E-state index contributed by atoms with van der Waals surface area (Å²) >= 11 is 0. The summed E-state index contributed by atoms with van der Waals surface area (Å²) in [6.07, 6.45) is 26.8. The highest BCUT2D eigenvalue weighted by atomic mass is 15.1. The van der Waals surface area contributed by atoms with Gasteiger partial charge in [-0.2, -0.15) is 0 Å². The molecule has 0 radical (unpaired) electrons. The fraction of sp³-hybridized carbons (Fsp3) is 0.690. The maximum absolute atomic E-state index is 2.54. The van der Waals surface area contributed by atoms with E-state index in [1.807, 2.05) is 0 Å². The van der Waals surface area contributed by atoms with Crippen LogP contribution in [0.25, 0.3) is 0 Å². The van der Waals surface area contributed by atoms with Crippen molar-refractivity contribution in [3.05, 3.63) is 54.1 Å². The van der Waals surface area contributed by atoms with Gasteiger partial charge in [-0.3, -0.25) is 0 Å². The van der Waals surface area contributed by atoms with Crippen LogP contribution in [0.15, 0.2) is 42.7 Å². The Balaban J connectivity index is 1.67. The zero-order valence-corrected chi connectivity index (χ0v) is 20.7. The summed E-state index contributed by atoms with van der Waals surface area (Å²) in [5.74, 6) is 1.51. The van der Waals surface area contributed by atoms with Crippen molar-refractivity contribution in [3.8, 4) is 0 Å². The van der Waals surface area contributed by atoms with Gasteiger partial charge in [-0.05, 0) is 24.8 Å². The highest BCUT2D eigenvalue weighted by Gasteiger charge is 2.16. The molecule has 1 aromatic carbocycles. The molecular formula is C29H49N2+. The maximum atomic E-state index is 2.54. The van der Waals surface area contributed by atoms with E-state index in [0.717, 1.165) is 6.54 Å². The third kappa shape index (κ3) is 11.0. The lowest BCUT2D eigenvalue weighted by atomic mass is 10.1. The summed E-state index contributed by atoms with van der Waals surface area (Å²) < 4.78 is 5.01. The molecule has 0 saturated carbocycles. The summed E-state index contributed by atoms with van der Waals surface area (Å²) in [6, 6.07) is 10.9. The molecule has 2 heteroatoms. The quantitative estimate of drug-likeness (QED) is 0.158. The molecule has 0 saturated heterocycles. The smallest absolute Gasteiger partial charge is 0.234 e. The van der Waals surface area contributed by atoms with Crippen molar-refractivity contribution >= 4 is 0 Å². The predicted octanol–water partition coefficient (Wildman–Crippen LogP) is 8.26. The molecule has 0 N–H and O–H groups in total. The molecule has 0 aliphatic rings. The average Bonchev–Trinajstić information content (AvgIpc) is 3.16. The van der Waals surface area contributed by atoms with E-state index in [-0.39, 0.29) is 0 Å². The Labute approximate surface area is 193 Å². The average molecular weight is 426 g/mol. The van der Waals surface area contributed by atoms with Crippen LogP contribution in [0, 0.1) is 0 Å². The predicted molar refractivity (Wildman–Crippen MR) is 134 cm³/mol. The summed E-state index contributed by atoms with van der Waals surface area (Å²) in [4.78, 5) is 0. The minimum absolute atomic E-state index is 0.994. The van der Waals surface area contributed by atoms with Crippen LogP contribution in [0.3, 0.4) is 0 Å². The number of hydrogen-bond donors (Lipinski definition) is 0. The van der Waals surface area contributed by atoms with Crippen molar-refractivity contribution in [2.45, 2.75) is 130 Å². The number of unbranched alkanes of at least 4 members (excludes halogenated alkanes) is 13. The maximum Gasteiger partial charge on any atom is 0.256 e. The van der Waals surface area contributed by atoms with Gasteiger partial charge >= 0.3 is 0 Å². The Morgan fingerprint density at radius 3 is 1.81 bits per heavy atom. The van der Waals surface area contributed by atoms with Crippen LogP contribution < -0.4 is 4.57 Å². The Bertz CT molecular complexity index is 659. The molecule has 31 heavy (non-hydrogen) atoms. The van der Waals surface area contributed by atoms with Gasteiger partial charge in [0.25, 0.3) is 5.82 Å². The van der Waals surface area contributed by atoms with Crippen molar-refractivity contribution in [2.75, 3.05) is 0 Å². The zero-order chi connectivity index (χ0) is 22.0. The lowest BCUT2D eigenvalue weighted by molar-refractivity contribution is -0.704. The van der Waals surface area contributed by atoms with Crippen molar-refractivity contribution in [1.29, 1.82) is 0 Å². The normalized spacial score (nSPS) is 11.3. The van der Waals surface area contributed by atoms with Crippen LogP contribution in [0.4, 0.5) is 0 Å². The van der Waals surface area contributed by atoms with Gasteiger partial charge in [-0.15, -0.1) is 0 Å². The fourth-order valence-corrected chi connectivity index (χ4v) is 4.57. The lowest BCUT2D eigenvalue weighted by Crippen LogP contribution is -2.37. The molecular weight excluding hydrogens is 376 g/mol. The number of hydrogen-bond acceptors (Lipinski definition) is 0. The second-order valence-corrected chi connectivity index (χ2v) is 9.37. The number of benzene rings is 1. The number of aromatic nitrogens is 2. The van der Waals surface area contributed by atoms with Crippen LogP contribution in [0.2, 0.25) is 0 Å². The molecule has 0 unspecified atom stereocenters. The number of imidazole rings is 1. The monoisotopic (exact) mass is 425 g/mol. The molecule has 1 heterocycles. The minimum Gasteiger partial charge on any atom is -0.234 e. The van der Waals surface area contributed by atoms with Crippen LogP contribution in [0.5, 0.6) is 0 Å². The molecule has 174 valence electrons. The molecule has 2 aromatic rings. The Kier molecular flexibility index (Phi) is 14.1. The molecule has 0 fully saturated rings. The van der Waals surface area contributed by atoms with Gasteiger partial charge in [0.15, 0.2) is 0 Å². The summed E-state index contributed by atoms with van der Waals surface area (Å²) in [5.41, 5.74) is 1.40. The highest BCUT2D eigenvalue weighted by molar-refractivity contribution is 5.15. The van der Waals surface area contributed by atoms with E-state index >= 15 is 0 Å². The Hall–Kier alpha value is -1.57. The molecule has 0 aliphatic heterocycles. The third-order valence-corrected chi connectivity index (χ3v) is 6.54. The number of aryl methyl sites for hydroxylation is 1. The largest absolute Gasteiger partial charge is 0.256 e. The molecule has 0 atom stereocenters. The van der Waals surface area contributed by atoms with Crippen LogP contribution in [-0.4, -0.2) is 4.57 Å². The summed E-state index contributed by atoms with van der Waals surface area (Å²) in [5, 5.41) is 0. The Morgan fingerprint density at radius 1 is 0.645 bits per heavy atom. The molecule has 2 nitrogen and oxygen atoms in total. The minimum atomic E-state index is 0.994.